The van der Waals surface area contributed by atoms with E-state index in [1.54, 1.807) is 166 Å². The average Bonchev–Trinajstić information content (AvgIpc) is 1.68. The standard InChI is InChI=1S/C28H24F2N4O3.C28H27FN4O.C27H24FN5O.C23H18F2N4OS/c1-37-24-4-2-3-23(15-24)33-14-13-32(17-28(33)36)27(35)18-34-26(20-7-11-22(30)12-8-20)16-25(31-34)19-5-9-21(29)10-6-19;1-20-17-23(10-11-24(20)29)26-18-27(22-7-3-2-4-8-22)33(31-26)19-28(34)32-15-12-21(13-16-32)25-9-5-6-14-30-25;1-19-16-22(8-9-23(19)28)24-17-25(20-6-3-2-4-7-20)33(31-24)18-26(34)32-14-10-21(11-15-32)27-29-12-5-13-30-27;1-14-26-20-11-28(12-22(20)31-14)23(30)13-29-21(16-4-8-18(25)9-5-16)10-19(27-29)15-2-6-17(24)7-3-15/h2-12,15-16H,13-14,17-18H2,1H3;2-11,14,17-18,21H,12-13,15-16,19H2,1H3;2-10,12-13,16-17H,11,14-15,18H2,1H3;2-10H,11-13H2,1H3. The fraction of sp³-hybridized carbons (Fsp3) is 0.198. The number of carbonyl (C=O) groups is 5. The van der Waals surface area contributed by atoms with Gasteiger partial charge in [0.2, 0.25) is 29.5 Å². The van der Waals surface area contributed by atoms with Gasteiger partial charge in [-0.05, 0) is 256 Å². The predicted molar refractivity (Wildman–Crippen MR) is 509 cm³/mol. The smallest absolute Gasteiger partial charge is 0.246 e. The summed E-state index contributed by atoms with van der Waals surface area (Å²) in [5, 5.41) is 19.7. The summed E-state index contributed by atoms with van der Waals surface area (Å²) in [7, 11) is 1.56. The highest BCUT2D eigenvalue weighted by atomic mass is 32.1. The molecule has 0 atom stereocenters. The van der Waals surface area contributed by atoms with E-state index in [2.05, 4.69) is 36.2 Å². The van der Waals surface area contributed by atoms with Gasteiger partial charge in [-0.25, -0.2) is 41.3 Å². The number of anilines is 1. The van der Waals surface area contributed by atoms with Crippen molar-refractivity contribution >= 4 is 52.1 Å². The zero-order chi connectivity index (χ0) is 94.5. The number of amides is 5. The zero-order valence-electron chi connectivity index (χ0n) is 74.8. The molecule has 0 spiro atoms. The van der Waals surface area contributed by atoms with E-state index < -0.39 is 0 Å². The van der Waals surface area contributed by atoms with E-state index >= 15 is 0 Å². The van der Waals surface area contributed by atoms with Gasteiger partial charge in [0.25, 0.3) is 0 Å². The number of carbonyl (C=O) groups excluding carboxylic acids is 5. The van der Waals surface area contributed by atoms with Gasteiger partial charge >= 0.3 is 0 Å². The number of methoxy groups -OCH3 is 1. The number of ether oxygens (including phenoxy) is 1. The number of hydrogen-bond acceptors (Lipinski definition) is 15. The molecule has 11 heterocycles. The van der Waals surface area contributed by atoms with E-state index in [0.717, 1.165) is 90.1 Å². The molecule has 2 fully saturated rings. The summed E-state index contributed by atoms with van der Waals surface area (Å²) in [5.74, 6) is -0.633. The molecule has 9 aromatic carbocycles. The summed E-state index contributed by atoms with van der Waals surface area (Å²) in [4.78, 5) is 93.0. The van der Waals surface area contributed by atoms with Crippen molar-refractivity contribution in [2.45, 2.75) is 85.2 Å². The quantitative estimate of drug-likeness (QED) is 0.0646. The van der Waals surface area contributed by atoms with Crippen molar-refractivity contribution in [3.8, 4) is 95.8 Å². The van der Waals surface area contributed by atoms with Gasteiger partial charge in [0, 0.05) is 119 Å². The normalized spacial score (nSPS) is 13.6. The highest BCUT2D eigenvalue weighted by Gasteiger charge is 2.33. The molecule has 7 aromatic heterocycles. The molecule has 4 aliphatic heterocycles. The molecule has 0 radical (unpaired) electrons. The molecule has 0 bridgehead atoms. The summed E-state index contributed by atoms with van der Waals surface area (Å²) >= 11 is 1.61. The molecule has 30 heteroatoms. The van der Waals surface area contributed by atoms with Crippen LogP contribution in [0.25, 0.3) is 95.6 Å². The lowest BCUT2D eigenvalue weighted by molar-refractivity contribution is -0.137. The Morgan fingerprint density at radius 3 is 1.27 bits per heavy atom. The van der Waals surface area contributed by atoms with Crippen molar-refractivity contribution in [2.24, 2.45) is 0 Å². The number of fused-ring (bicyclic) bond motifs is 1. The first-order chi connectivity index (χ1) is 66.0. The number of aromatic nitrogens is 12. The molecule has 0 unspecified atom stereocenters. The predicted octanol–water partition coefficient (Wildman–Crippen LogP) is 19.4. The van der Waals surface area contributed by atoms with Crippen LogP contribution in [0.1, 0.15) is 63.4 Å². The van der Waals surface area contributed by atoms with Crippen LogP contribution in [0.3, 0.4) is 0 Å². The van der Waals surface area contributed by atoms with Crippen LogP contribution in [0.2, 0.25) is 0 Å². The molecular weight excluding hydrogens is 1750 g/mol. The number of thiazole rings is 1. The Hall–Kier alpha value is -15.9. The zero-order valence-corrected chi connectivity index (χ0v) is 75.6. The van der Waals surface area contributed by atoms with Crippen molar-refractivity contribution < 1.29 is 55.1 Å². The Kier molecular flexibility index (Phi) is 28.4. The summed E-state index contributed by atoms with van der Waals surface area (Å²) in [5.41, 5.74) is 17.0. The molecule has 2 saturated heterocycles. The first kappa shape index (κ1) is 92.0. The molecule has 23 nitrogen and oxygen atoms in total. The third-order valence-corrected chi connectivity index (χ3v) is 25.1. The van der Waals surface area contributed by atoms with Crippen molar-refractivity contribution in [1.29, 1.82) is 0 Å². The number of rotatable bonds is 20. The third kappa shape index (κ3) is 22.1. The van der Waals surface area contributed by atoms with E-state index in [0.29, 0.717) is 133 Å². The monoisotopic (exact) mass is 1850 g/mol. The summed E-state index contributed by atoms with van der Waals surface area (Å²) in [6, 6.07) is 76.1. The minimum absolute atomic E-state index is 0.00796. The molecule has 20 rings (SSSR count). The SMILES string of the molecule is COc1cccc(N2CCN(C(=O)Cn3nc(-c4ccc(F)cc4)cc3-c3ccc(F)cc3)CC2=O)c1.Cc1cc(-c2cc(-c3ccccc3)n(CC(=O)N3CC=C(c4ncccn4)CC3)n2)ccc1F.Cc1cc(-c2cc(-c3ccccc3)n(CC(=O)N3CCC(c4ccccn4)CC3)n2)ccc1F.Cc1nc2c(s1)CN(C(=O)Cn1nc(-c3ccc(F)cc3)cc1-c1ccc(F)cc1)C2. The molecule has 5 amide bonds. The summed E-state index contributed by atoms with van der Waals surface area (Å²) in [6.07, 6.45) is 9.83. The first-order valence-corrected chi connectivity index (χ1v) is 45.2. The number of pyridine rings is 1. The average molecular weight is 1850 g/mol. The second-order valence-electron chi connectivity index (χ2n) is 33.2. The number of benzene rings is 9. The number of hydrogen-bond donors (Lipinski definition) is 0. The fourth-order valence-electron chi connectivity index (χ4n) is 16.8. The molecule has 0 saturated carbocycles. The molecular formula is C106H93F6N17O6S. The fourth-order valence-corrected chi connectivity index (χ4v) is 17.7. The Labute approximate surface area is 784 Å². The molecule has 136 heavy (non-hydrogen) atoms. The van der Waals surface area contributed by atoms with Crippen LogP contribution in [-0.2, 0) is 63.2 Å². The largest absolute Gasteiger partial charge is 0.497 e. The van der Waals surface area contributed by atoms with Crippen LogP contribution < -0.4 is 9.64 Å². The van der Waals surface area contributed by atoms with Gasteiger partial charge in [-0.15, -0.1) is 11.3 Å². The van der Waals surface area contributed by atoms with Crippen LogP contribution >= 0.6 is 11.3 Å². The van der Waals surface area contributed by atoms with Crippen molar-refractivity contribution in [2.75, 3.05) is 57.8 Å². The highest BCUT2D eigenvalue weighted by molar-refractivity contribution is 7.11. The lowest BCUT2D eigenvalue weighted by atomic mass is 9.93. The van der Waals surface area contributed by atoms with Gasteiger partial charge in [0.15, 0.2) is 5.82 Å². The summed E-state index contributed by atoms with van der Waals surface area (Å²) < 4.78 is 93.2. The number of nitrogens with zero attached hydrogens (tertiary/aromatic N) is 17. The minimum atomic E-state index is -0.378. The second kappa shape index (κ2) is 41.9. The molecule has 686 valence electrons. The maximum atomic E-state index is 13.8. The van der Waals surface area contributed by atoms with Crippen LogP contribution in [0.5, 0.6) is 5.75 Å². The van der Waals surface area contributed by atoms with Gasteiger partial charge in [-0.2, -0.15) is 20.4 Å². The molecule has 0 N–H and O–H groups in total. The van der Waals surface area contributed by atoms with Gasteiger partial charge in [-0.1, -0.05) is 78.9 Å². The number of piperidine rings is 1. The van der Waals surface area contributed by atoms with E-state index in [9.17, 15) is 50.3 Å². The lowest BCUT2D eigenvalue weighted by Gasteiger charge is -2.34. The number of halogens is 6. The van der Waals surface area contributed by atoms with Gasteiger partial charge in [0.1, 0.15) is 73.4 Å². The minimum Gasteiger partial charge on any atom is -0.497 e. The van der Waals surface area contributed by atoms with Crippen molar-refractivity contribution in [1.82, 2.24) is 78.7 Å². The summed E-state index contributed by atoms with van der Waals surface area (Å²) in [6.45, 7) is 9.90. The first-order valence-electron chi connectivity index (χ1n) is 44.4. The maximum absolute atomic E-state index is 13.8. The number of piperazine rings is 1. The van der Waals surface area contributed by atoms with E-state index in [1.807, 2.05) is 132 Å². The second-order valence-corrected chi connectivity index (χ2v) is 34.5. The Morgan fingerprint density at radius 1 is 0.397 bits per heavy atom. The number of likely N-dealkylation sites (tertiary alicyclic amines) is 1. The third-order valence-electron chi connectivity index (χ3n) is 24.1. The van der Waals surface area contributed by atoms with Gasteiger partial charge < -0.3 is 29.2 Å². The molecule has 16 aromatic rings. The maximum Gasteiger partial charge on any atom is 0.246 e. The highest BCUT2D eigenvalue weighted by Crippen LogP contribution is 2.37. The van der Waals surface area contributed by atoms with Crippen LogP contribution in [0, 0.1) is 55.7 Å². The van der Waals surface area contributed by atoms with Crippen molar-refractivity contribution in [3.63, 3.8) is 0 Å². The van der Waals surface area contributed by atoms with E-state index in [-0.39, 0.29) is 97.2 Å². The lowest BCUT2D eigenvalue weighted by Crippen LogP contribution is -2.53. The van der Waals surface area contributed by atoms with Gasteiger partial charge in [-0.3, -0.25) is 47.7 Å². The molecule has 0 aliphatic carbocycles. The van der Waals surface area contributed by atoms with Gasteiger partial charge in [0.05, 0.1) is 76.5 Å². The Bertz CT molecular complexity index is 6970. The van der Waals surface area contributed by atoms with Crippen LogP contribution in [0.15, 0.2) is 292 Å². The molecule has 4 aliphatic rings. The Balaban J connectivity index is 0.000000126. The van der Waals surface area contributed by atoms with Crippen LogP contribution in [0.4, 0.5) is 32.0 Å². The topological polar surface area (TPSA) is 234 Å². The van der Waals surface area contributed by atoms with E-state index in [4.69, 9.17) is 14.9 Å². The van der Waals surface area contributed by atoms with E-state index in [1.165, 1.54) is 70.2 Å². The van der Waals surface area contributed by atoms with Crippen molar-refractivity contribution in [3.05, 3.63) is 365 Å². The Morgan fingerprint density at radius 2 is 0.831 bits per heavy atom. The van der Waals surface area contributed by atoms with Crippen LogP contribution in [-0.4, -0.2) is 161 Å². The number of aryl methyl sites for hydroxylation is 3.